The van der Waals surface area contributed by atoms with E-state index in [1.807, 2.05) is 0 Å². The molecule has 0 aromatic carbocycles. The van der Waals surface area contributed by atoms with Crippen molar-refractivity contribution < 1.29 is 36.3 Å². The maximum atomic E-state index is 13.5. The molecule has 2 aliphatic carbocycles. The van der Waals surface area contributed by atoms with Gasteiger partial charge in [-0.25, -0.2) is 23.4 Å². The molecule has 9 nitrogen and oxygen atoms in total. The van der Waals surface area contributed by atoms with E-state index in [9.17, 15) is 36.3 Å². The van der Waals surface area contributed by atoms with Gasteiger partial charge in [0.05, 0.1) is 22.6 Å². The maximum Gasteiger partial charge on any atom is 0.395 e. The smallest absolute Gasteiger partial charge is 0.373 e. The highest BCUT2D eigenvalue weighted by Crippen LogP contribution is 2.91. The van der Waals surface area contributed by atoms with Crippen LogP contribution in [0.1, 0.15) is 65.7 Å². The van der Waals surface area contributed by atoms with Crippen molar-refractivity contribution in [1.29, 1.82) is 0 Å². The summed E-state index contributed by atoms with van der Waals surface area (Å²) in [6, 6.07) is 2.97. The first kappa shape index (κ1) is 27.2. The normalized spacial score (nSPS) is 27.6. The number of amides is 1. The van der Waals surface area contributed by atoms with Gasteiger partial charge in [-0.1, -0.05) is 0 Å². The third-order valence-electron chi connectivity index (χ3n) is 7.99. The van der Waals surface area contributed by atoms with E-state index < -0.39 is 77.2 Å². The predicted octanol–water partition coefficient (Wildman–Crippen LogP) is 3.71. The molecule has 2 saturated carbocycles. The molecule has 5 rings (SSSR count). The number of hydrogen-bond donors (Lipinski definition) is 1. The molecule has 0 radical (unpaired) electrons. The lowest BCUT2D eigenvalue weighted by Crippen LogP contribution is -2.36. The summed E-state index contributed by atoms with van der Waals surface area (Å²) in [5, 5.41) is 4.05. The van der Waals surface area contributed by atoms with Crippen LogP contribution in [0.5, 0.6) is 0 Å². The zero-order valence-electron chi connectivity index (χ0n) is 21.3. The van der Waals surface area contributed by atoms with Crippen molar-refractivity contribution >= 4 is 17.5 Å². The Bertz CT molecular complexity index is 1400. The van der Waals surface area contributed by atoms with Crippen LogP contribution in [0.15, 0.2) is 23.1 Å². The number of carbonyl (C=O) groups excluding carboxylic acids is 2. The van der Waals surface area contributed by atoms with Gasteiger partial charge in [0.2, 0.25) is 5.91 Å². The topological polar surface area (TPSA) is 106 Å². The van der Waals surface area contributed by atoms with Crippen LogP contribution in [0, 0.1) is 23.7 Å². The molecule has 3 aliphatic rings. The Morgan fingerprint density at radius 1 is 1.21 bits per heavy atom. The summed E-state index contributed by atoms with van der Waals surface area (Å²) in [6.45, 7) is 1.41. The number of Topliss-reactive ketones (excluding diaryl/α,β-unsaturated/α-hetero) is 1. The van der Waals surface area contributed by atoms with Crippen molar-refractivity contribution in [3.8, 4) is 0 Å². The Kier molecular flexibility index (Phi) is 6.31. The second-order valence-electron chi connectivity index (χ2n) is 10.6. The lowest BCUT2D eigenvalue weighted by Gasteiger charge is -2.30. The number of halogens is 5. The molecule has 3 heterocycles. The largest absolute Gasteiger partial charge is 0.395 e. The number of nitrogens with zero attached hydrogens (tertiary/aromatic N) is 4. The molecule has 1 N–H and O–H groups in total. The number of anilines is 1. The fourth-order valence-electron chi connectivity index (χ4n) is 5.43. The van der Waals surface area contributed by atoms with Gasteiger partial charge in [-0.15, -0.1) is 0 Å². The van der Waals surface area contributed by atoms with E-state index in [-0.39, 0.29) is 24.3 Å². The summed E-state index contributed by atoms with van der Waals surface area (Å²) >= 11 is 0. The van der Waals surface area contributed by atoms with Gasteiger partial charge in [-0.3, -0.25) is 14.4 Å². The number of ether oxygens (including phenoxy) is 1. The van der Waals surface area contributed by atoms with Gasteiger partial charge in [0, 0.05) is 38.9 Å². The van der Waals surface area contributed by atoms with Crippen LogP contribution in [-0.4, -0.2) is 53.2 Å². The SMILES string of the molecule is Cc1nc(NC(=O)C2CCOC(c3ccc(=O)n(N(C)C)c3)C2)c(C(=O)C23CC2(C(F)(F)F)C3)nc1C(F)F. The van der Waals surface area contributed by atoms with E-state index in [4.69, 9.17) is 4.74 Å². The number of fused-ring (bicyclic) bond motifs is 1. The number of aryl methyl sites for hydroxylation is 1. The molecule has 14 heteroatoms. The maximum absolute atomic E-state index is 13.5. The molecule has 2 aromatic heterocycles. The Morgan fingerprint density at radius 3 is 2.49 bits per heavy atom. The summed E-state index contributed by atoms with van der Waals surface area (Å²) in [6.07, 6.45) is -7.05. The van der Waals surface area contributed by atoms with Crippen molar-refractivity contribution in [2.45, 2.75) is 51.3 Å². The minimum Gasteiger partial charge on any atom is -0.373 e. The number of ketones is 1. The van der Waals surface area contributed by atoms with Crippen molar-refractivity contribution in [3.63, 3.8) is 0 Å². The number of pyridine rings is 1. The van der Waals surface area contributed by atoms with Crippen LogP contribution >= 0.6 is 0 Å². The Labute approximate surface area is 219 Å². The number of aromatic nitrogens is 3. The summed E-state index contributed by atoms with van der Waals surface area (Å²) in [5.41, 5.74) is -5.27. The summed E-state index contributed by atoms with van der Waals surface area (Å²) in [7, 11) is 3.37. The monoisotopic (exact) mass is 555 g/mol. The zero-order chi connectivity index (χ0) is 28.5. The fourth-order valence-corrected chi connectivity index (χ4v) is 5.43. The van der Waals surface area contributed by atoms with E-state index in [1.165, 1.54) is 17.7 Å². The molecule has 0 bridgehead atoms. The van der Waals surface area contributed by atoms with Gasteiger partial charge in [-0.2, -0.15) is 13.2 Å². The van der Waals surface area contributed by atoms with E-state index in [1.54, 1.807) is 31.4 Å². The zero-order valence-corrected chi connectivity index (χ0v) is 21.3. The molecule has 39 heavy (non-hydrogen) atoms. The second kappa shape index (κ2) is 9.07. The second-order valence-corrected chi connectivity index (χ2v) is 10.6. The first-order chi connectivity index (χ1) is 18.2. The van der Waals surface area contributed by atoms with Crippen molar-refractivity contribution in [2.75, 3.05) is 31.0 Å². The van der Waals surface area contributed by atoms with Gasteiger partial charge in [0.1, 0.15) is 11.4 Å². The minimum atomic E-state index is -4.61. The Balaban J connectivity index is 1.39. The van der Waals surface area contributed by atoms with E-state index in [0.717, 1.165) is 0 Å². The molecule has 1 saturated heterocycles. The van der Waals surface area contributed by atoms with E-state index in [2.05, 4.69) is 15.3 Å². The highest BCUT2D eigenvalue weighted by molar-refractivity contribution is 6.10. The number of hydrogen-bond acceptors (Lipinski definition) is 7. The lowest BCUT2D eigenvalue weighted by atomic mass is 9.91. The Morgan fingerprint density at radius 2 is 1.90 bits per heavy atom. The molecule has 3 fully saturated rings. The summed E-state index contributed by atoms with van der Waals surface area (Å²) < 4.78 is 74.7. The van der Waals surface area contributed by atoms with Crippen LogP contribution in [0.25, 0.3) is 0 Å². The van der Waals surface area contributed by atoms with Gasteiger partial charge in [0.15, 0.2) is 11.6 Å². The minimum absolute atomic E-state index is 0.196. The number of rotatable bonds is 7. The van der Waals surface area contributed by atoms with E-state index >= 15 is 0 Å². The average Bonchev–Trinajstić information content (AvgIpc) is 3.72. The molecule has 0 spiro atoms. The molecule has 2 aromatic rings. The van der Waals surface area contributed by atoms with Crippen LogP contribution < -0.4 is 15.9 Å². The van der Waals surface area contributed by atoms with Crippen LogP contribution in [-0.2, 0) is 9.53 Å². The summed E-state index contributed by atoms with van der Waals surface area (Å²) in [4.78, 5) is 46.2. The third-order valence-corrected chi connectivity index (χ3v) is 7.99. The van der Waals surface area contributed by atoms with Crippen molar-refractivity contribution in [3.05, 3.63) is 51.3 Å². The molecule has 210 valence electrons. The fraction of sp³-hybridized carbons (Fsp3) is 0.560. The molecular weight excluding hydrogens is 529 g/mol. The van der Waals surface area contributed by atoms with Gasteiger partial charge >= 0.3 is 6.18 Å². The standard InChI is InChI=1S/C25H26F5N5O4/c1-12-17(20(26)27)32-18(19(37)23-10-24(23,11-23)25(28,29)30)21(31-12)33-22(38)13-6-7-39-15(8-13)14-4-5-16(36)35(9-14)34(2)3/h4-5,9,13,15,20H,6-8,10-11H2,1-3H3,(H,31,33,38). The molecular formula is C25H26F5N5O4. The number of nitrogens with one attached hydrogen (secondary N) is 1. The highest BCUT2D eigenvalue weighted by Gasteiger charge is 2.96. The third kappa shape index (κ3) is 4.38. The average molecular weight is 556 g/mol. The lowest BCUT2D eigenvalue weighted by molar-refractivity contribution is -0.168. The first-order valence-electron chi connectivity index (χ1n) is 12.3. The molecule has 2 unspecified atom stereocenters. The quantitative estimate of drug-likeness (QED) is 0.410. The molecule has 2 atom stereocenters. The van der Waals surface area contributed by atoms with Crippen LogP contribution in [0.4, 0.5) is 27.8 Å². The summed E-state index contributed by atoms with van der Waals surface area (Å²) in [5.74, 6) is -2.72. The van der Waals surface area contributed by atoms with Crippen LogP contribution in [0.2, 0.25) is 0 Å². The van der Waals surface area contributed by atoms with Gasteiger partial charge in [0.25, 0.3) is 12.0 Å². The van der Waals surface area contributed by atoms with E-state index in [0.29, 0.717) is 12.0 Å². The van der Waals surface area contributed by atoms with Gasteiger partial charge in [-0.05, 0) is 44.2 Å². The van der Waals surface area contributed by atoms with Gasteiger partial charge < -0.3 is 15.1 Å². The molecule has 1 aliphatic heterocycles. The Hall–Kier alpha value is -3.42. The van der Waals surface area contributed by atoms with Crippen LogP contribution in [0.3, 0.4) is 0 Å². The molecule has 1 amide bonds. The number of alkyl halides is 5. The first-order valence-corrected chi connectivity index (χ1v) is 12.3. The van der Waals surface area contributed by atoms with Crippen molar-refractivity contribution in [2.24, 2.45) is 16.7 Å². The predicted molar refractivity (Wildman–Crippen MR) is 127 cm³/mol. The highest BCUT2D eigenvalue weighted by atomic mass is 19.4. The van der Waals surface area contributed by atoms with Crippen molar-refractivity contribution in [1.82, 2.24) is 14.6 Å². The number of carbonyl (C=O) groups is 2.